The lowest BCUT2D eigenvalue weighted by molar-refractivity contribution is -0.120. The molecule has 0 saturated carbocycles. The molecule has 5 nitrogen and oxygen atoms in total. The Morgan fingerprint density at radius 1 is 1.12 bits per heavy atom. The van der Waals surface area contributed by atoms with Crippen LogP contribution in [-0.2, 0) is 15.0 Å². The lowest BCUT2D eigenvalue weighted by Crippen LogP contribution is -2.20. The normalized spacial score (nSPS) is 11.0. The van der Waals surface area contributed by atoms with Crippen molar-refractivity contribution in [1.82, 2.24) is 0 Å². The highest BCUT2D eigenvalue weighted by Gasteiger charge is 2.13. The third kappa shape index (κ3) is 6.44. The number of anilines is 1. The van der Waals surface area contributed by atoms with Crippen LogP contribution in [0.4, 0.5) is 5.69 Å². The van der Waals surface area contributed by atoms with Crippen molar-refractivity contribution in [2.24, 2.45) is 5.73 Å². The van der Waals surface area contributed by atoms with Gasteiger partial charge in [-0.15, -0.1) is 11.8 Å². The number of benzene rings is 2. The van der Waals surface area contributed by atoms with Gasteiger partial charge >= 0.3 is 0 Å². The summed E-state index contributed by atoms with van der Waals surface area (Å²) in [5.74, 6) is 0.128. The number of hydrogen-bond donors (Lipinski definition) is 2. The van der Waals surface area contributed by atoms with Crippen LogP contribution in [-0.4, -0.2) is 24.2 Å². The van der Waals surface area contributed by atoms with Crippen LogP contribution in [0.1, 0.15) is 26.3 Å². The van der Waals surface area contributed by atoms with E-state index in [-0.39, 0.29) is 17.9 Å². The summed E-state index contributed by atoms with van der Waals surface area (Å²) in [6, 6.07) is 15.1. The Bertz CT molecular complexity index is 767. The van der Waals surface area contributed by atoms with Gasteiger partial charge in [-0.3, -0.25) is 9.59 Å². The summed E-state index contributed by atoms with van der Waals surface area (Å²) in [4.78, 5) is 23.9. The Morgan fingerprint density at radius 3 is 2.42 bits per heavy atom. The first kappa shape index (κ1) is 19.8. The van der Waals surface area contributed by atoms with E-state index in [0.717, 1.165) is 4.90 Å². The number of carbonyl (C=O) groups is 2. The number of amides is 2. The number of thioether (sulfide) groups is 1. The van der Waals surface area contributed by atoms with Gasteiger partial charge in [0.1, 0.15) is 5.75 Å². The van der Waals surface area contributed by atoms with E-state index in [1.807, 2.05) is 12.1 Å². The highest BCUT2D eigenvalue weighted by atomic mass is 32.2. The van der Waals surface area contributed by atoms with Gasteiger partial charge < -0.3 is 15.8 Å². The predicted molar refractivity (Wildman–Crippen MR) is 106 cm³/mol. The summed E-state index contributed by atoms with van der Waals surface area (Å²) in [5.41, 5.74) is 7.04. The number of nitrogens with one attached hydrogen (secondary N) is 1. The molecule has 3 N–H and O–H groups in total. The highest BCUT2D eigenvalue weighted by Crippen LogP contribution is 2.26. The van der Waals surface area contributed by atoms with Crippen molar-refractivity contribution in [3.8, 4) is 5.75 Å². The number of ether oxygens (including phenoxy) is 1. The Balaban J connectivity index is 1.87. The van der Waals surface area contributed by atoms with Crippen molar-refractivity contribution in [3.05, 3.63) is 54.1 Å². The van der Waals surface area contributed by atoms with Gasteiger partial charge in [-0.2, -0.15) is 0 Å². The van der Waals surface area contributed by atoms with E-state index < -0.39 is 5.91 Å². The molecule has 2 rings (SSSR count). The molecule has 0 fully saturated rings. The lowest BCUT2D eigenvalue weighted by Gasteiger charge is -2.19. The van der Waals surface area contributed by atoms with E-state index in [4.69, 9.17) is 10.5 Å². The Morgan fingerprint density at radius 2 is 1.81 bits per heavy atom. The van der Waals surface area contributed by atoms with Gasteiger partial charge in [0.05, 0.1) is 5.75 Å². The number of nitrogens with two attached hydrogens (primary N) is 1. The van der Waals surface area contributed by atoms with Crippen LogP contribution in [0, 0.1) is 0 Å². The molecule has 0 saturated heterocycles. The van der Waals surface area contributed by atoms with E-state index in [1.54, 1.807) is 24.3 Å². The topological polar surface area (TPSA) is 81.4 Å². The minimum absolute atomic E-state index is 0.109. The second kappa shape index (κ2) is 8.76. The van der Waals surface area contributed by atoms with Crippen LogP contribution < -0.4 is 15.8 Å². The molecule has 0 aliphatic rings. The fourth-order valence-electron chi connectivity index (χ4n) is 2.22. The van der Waals surface area contributed by atoms with Crippen molar-refractivity contribution in [3.63, 3.8) is 0 Å². The molecule has 2 aromatic rings. The molecule has 0 aromatic heterocycles. The van der Waals surface area contributed by atoms with E-state index in [1.165, 1.54) is 17.3 Å². The zero-order chi connectivity index (χ0) is 19.2. The molecule has 6 heteroatoms. The lowest BCUT2D eigenvalue weighted by atomic mass is 9.87. The van der Waals surface area contributed by atoms with Gasteiger partial charge in [0.25, 0.3) is 5.91 Å². The molecule has 2 amide bonds. The van der Waals surface area contributed by atoms with Crippen molar-refractivity contribution >= 4 is 29.3 Å². The molecule has 0 aliphatic heterocycles. The first-order valence-corrected chi connectivity index (χ1v) is 9.27. The van der Waals surface area contributed by atoms with E-state index >= 15 is 0 Å². The first-order chi connectivity index (χ1) is 12.2. The fraction of sp³-hybridized carbons (Fsp3) is 0.300. The maximum atomic E-state index is 12.1. The number of primary amides is 1. The third-order valence-corrected chi connectivity index (χ3v) is 4.60. The summed E-state index contributed by atoms with van der Waals surface area (Å²) >= 11 is 1.48. The van der Waals surface area contributed by atoms with Crippen LogP contribution in [0.25, 0.3) is 0 Å². The van der Waals surface area contributed by atoms with Crippen molar-refractivity contribution < 1.29 is 14.3 Å². The summed E-state index contributed by atoms with van der Waals surface area (Å²) in [7, 11) is 0. The molecule has 26 heavy (non-hydrogen) atoms. The minimum Gasteiger partial charge on any atom is -0.484 e. The zero-order valence-corrected chi connectivity index (χ0v) is 16.1. The number of hydrogen-bond acceptors (Lipinski definition) is 4. The summed E-state index contributed by atoms with van der Waals surface area (Å²) in [6.07, 6.45) is 0. The molecule has 0 aliphatic carbocycles. The largest absolute Gasteiger partial charge is 0.484 e. The molecule has 0 radical (unpaired) electrons. The SMILES string of the molecule is CC(C)(C)c1ccc(SCC(=O)Nc2cccc(OCC(N)=O)c2)cc1. The number of rotatable bonds is 7. The molecule has 2 aromatic carbocycles. The number of carbonyl (C=O) groups excluding carboxylic acids is 2. The Hall–Kier alpha value is -2.47. The van der Waals surface area contributed by atoms with Gasteiger partial charge in [-0.05, 0) is 35.2 Å². The summed E-state index contributed by atoms with van der Waals surface area (Å²) in [6.45, 7) is 6.31. The molecule has 0 spiro atoms. The van der Waals surface area contributed by atoms with Crippen LogP contribution >= 0.6 is 11.8 Å². The average Bonchev–Trinajstić information content (AvgIpc) is 2.58. The monoisotopic (exact) mass is 372 g/mol. The van der Waals surface area contributed by atoms with Crippen molar-refractivity contribution in [2.75, 3.05) is 17.7 Å². The summed E-state index contributed by atoms with van der Waals surface area (Å²) in [5, 5.41) is 2.82. The standard InChI is InChI=1S/C20H24N2O3S/c1-20(2,3)14-7-9-17(10-8-14)26-13-19(24)22-15-5-4-6-16(11-15)25-12-18(21)23/h4-11H,12-13H2,1-3H3,(H2,21,23)(H,22,24). The highest BCUT2D eigenvalue weighted by molar-refractivity contribution is 8.00. The van der Waals surface area contributed by atoms with Gasteiger partial charge in [-0.25, -0.2) is 0 Å². The average molecular weight is 372 g/mol. The van der Waals surface area contributed by atoms with Gasteiger partial charge in [-0.1, -0.05) is 39.0 Å². The smallest absolute Gasteiger partial charge is 0.255 e. The second-order valence-corrected chi connectivity index (χ2v) is 7.94. The molecule has 0 unspecified atom stereocenters. The Kier molecular flexibility index (Phi) is 6.69. The van der Waals surface area contributed by atoms with Crippen LogP contribution in [0.3, 0.4) is 0 Å². The zero-order valence-electron chi connectivity index (χ0n) is 15.2. The van der Waals surface area contributed by atoms with Crippen LogP contribution in [0.5, 0.6) is 5.75 Å². The van der Waals surface area contributed by atoms with Gasteiger partial charge in [0.2, 0.25) is 5.91 Å². The quantitative estimate of drug-likeness (QED) is 0.728. The molecule has 0 heterocycles. The molecule has 0 atom stereocenters. The Labute approximate surface area is 158 Å². The predicted octanol–water partition coefficient (Wildman–Crippen LogP) is 3.58. The molecular formula is C20H24N2O3S. The van der Waals surface area contributed by atoms with Gasteiger partial charge in [0, 0.05) is 16.6 Å². The van der Waals surface area contributed by atoms with Gasteiger partial charge in [0.15, 0.2) is 6.61 Å². The minimum atomic E-state index is -0.548. The van der Waals surface area contributed by atoms with E-state index in [0.29, 0.717) is 17.2 Å². The van der Waals surface area contributed by atoms with E-state index in [9.17, 15) is 9.59 Å². The summed E-state index contributed by atoms with van der Waals surface area (Å²) < 4.78 is 5.23. The maximum Gasteiger partial charge on any atom is 0.255 e. The van der Waals surface area contributed by atoms with E-state index in [2.05, 4.69) is 38.2 Å². The molecular weight excluding hydrogens is 348 g/mol. The maximum absolute atomic E-state index is 12.1. The second-order valence-electron chi connectivity index (χ2n) is 6.89. The van der Waals surface area contributed by atoms with Crippen molar-refractivity contribution in [1.29, 1.82) is 0 Å². The van der Waals surface area contributed by atoms with Crippen LogP contribution in [0.2, 0.25) is 0 Å². The fourth-order valence-corrected chi connectivity index (χ4v) is 2.91. The molecule has 0 bridgehead atoms. The molecule has 138 valence electrons. The third-order valence-electron chi connectivity index (χ3n) is 3.59. The first-order valence-electron chi connectivity index (χ1n) is 8.28. The van der Waals surface area contributed by atoms with Crippen LogP contribution in [0.15, 0.2) is 53.4 Å². The van der Waals surface area contributed by atoms with Crippen molar-refractivity contribution in [2.45, 2.75) is 31.1 Å².